The molecule has 1 aliphatic carbocycles. The second-order valence-electron chi connectivity index (χ2n) is 8.59. The van der Waals surface area contributed by atoms with E-state index >= 15 is 0 Å². The highest BCUT2D eigenvalue weighted by molar-refractivity contribution is 7.89. The van der Waals surface area contributed by atoms with Crippen LogP contribution in [0, 0.1) is 11.2 Å². The molecule has 2 aromatic carbocycles. The minimum atomic E-state index is -3.89. The van der Waals surface area contributed by atoms with E-state index in [2.05, 4.69) is 5.10 Å². The van der Waals surface area contributed by atoms with E-state index in [9.17, 15) is 17.6 Å². The molecule has 6 nitrogen and oxygen atoms in total. The van der Waals surface area contributed by atoms with Crippen molar-refractivity contribution >= 4 is 45.1 Å². The summed E-state index contributed by atoms with van der Waals surface area (Å²) >= 11 is 12.0. The lowest BCUT2D eigenvalue weighted by Gasteiger charge is -2.44. The van der Waals surface area contributed by atoms with Crippen molar-refractivity contribution in [2.45, 2.75) is 24.7 Å². The van der Waals surface area contributed by atoms with Gasteiger partial charge in [-0.25, -0.2) is 17.5 Å². The summed E-state index contributed by atoms with van der Waals surface area (Å²) in [5.41, 5.74) is 2.24. The van der Waals surface area contributed by atoms with Gasteiger partial charge in [0.1, 0.15) is 11.6 Å². The van der Waals surface area contributed by atoms with Crippen LogP contribution in [0.25, 0.3) is 11.8 Å². The molecular weight excluding hydrogens is 500 g/mol. The number of ketones is 1. The van der Waals surface area contributed by atoms with E-state index in [0.29, 0.717) is 18.5 Å². The number of hydrogen-bond acceptors (Lipinski definition) is 4. The van der Waals surface area contributed by atoms with Gasteiger partial charge in [-0.15, -0.1) is 0 Å². The number of fused-ring (bicyclic) bond motifs is 2. The SMILES string of the molecule is CC(=O)[C@]12Cc3cnn(-c4ccc(F)cc4)c3C=C1CCN(S(=O)(=O)c1ccc(Cl)c(Cl)c1)C2. The summed E-state index contributed by atoms with van der Waals surface area (Å²) in [6.45, 7) is 1.75. The monoisotopic (exact) mass is 519 g/mol. The fourth-order valence-electron chi connectivity index (χ4n) is 4.76. The third-order valence-corrected chi connectivity index (χ3v) is 9.24. The minimum absolute atomic E-state index is 0.0257. The molecule has 0 bridgehead atoms. The summed E-state index contributed by atoms with van der Waals surface area (Å²) in [6, 6.07) is 10.2. The summed E-state index contributed by atoms with van der Waals surface area (Å²) in [5, 5.41) is 4.88. The van der Waals surface area contributed by atoms with Crippen molar-refractivity contribution in [2.75, 3.05) is 13.1 Å². The Bertz CT molecular complexity index is 1450. The third kappa shape index (κ3) is 3.69. The Morgan fingerprint density at radius 2 is 1.85 bits per heavy atom. The number of rotatable bonds is 4. The van der Waals surface area contributed by atoms with Gasteiger partial charge in [0.05, 0.1) is 37.9 Å². The number of sulfonamides is 1. The first-order chi connectivity index (χ1) is 16.1. The molecule has 0 radical (unpaired) electrons. The highest BCUT2D eigenvalue weighted by Crippen LogP contribution is 2.46. The average Bonchev–Trinajstić information content (AvgIpc) is 3.21. The first kappa shape index (κ1) is 23.2. The Labute approximate surface area is 206 Å². The van der Waals surface area contributed by atoms with Gasteiger partial charge < -0.3 is 0 Å². The maximum atomic E-state index is 13.4. The molecule has 1 aromatic heterocycles. The van der Waals surface area contributed by atoms with Gasteiger partial charge in [0.25, 0.3) is 0 Å². The van der Waals surface area contributed by atoms with Crippen LogP contribution < -0.4 is 0 Å². The maximum Gasteiger partial charge on any atom is 0.243 e. The van der Waals surface area contributed by atoms with E-state index in [0.717, 1.165) is 16.8 Å². The predicted molar refractivity (Wildman–Crippen MR) is 128 cm³/mol. The van der Waals surface area contributed by atoms with E-state index in [-0.39, 0.29) is 39.6 Å². The lowest BCUT2D eigenvalue weighted by atomic mass is 9.66. The Hall–Kier alpha value is -2.52. The Balaban J connectivity index is 1.53. The molecule has 0 amide bonds. The van der Waals surface area contributed by atoms with Crippen molar-refractivity contribution in [1.29, 1.82) is 0 Å². The van der Waals surface area contributed by atoms with Crippen LogP contribution in [-0.4, -0.2) is 41.4 Å². The number of carbonyl (C=O) groups excluding carboxylic acids is 1. The lowest BCUT2D eigenvalue weighted by Crippen LogP contribution is -2.52. The number of nitrogens with zero attached hydrogens (tertiary/aromatic N) is 3. The van der Waals surface area contributed by atoms with E-state index in [4.69, 9.17) is 23.2 Å². The molecule has 5 rings (SSSR count). The van der Waals surface area contributed by atoms with Gasteiger partial charge in [-0.1, -0.05) is 28.8 Å². The smallest absolute Gasteiger partial charge is 0.243 e. The van der Waals surface area contributed by atoms with Gasteiger partial charge in [-0.3, -0.25) is 4.79 Å². The van der Waals surface area contributed by atoms with E-state index in [1.54, 1.807) is 23.0 Å². The number of Topliss-reactive ketones (excluding diaryl/α,β-unsaturated/α-hetero) is 1. The fourth-order valence-corrected chi connectivity index (χ4v) is 6.65. The number of aromatic nitrogens is 2. The molecule has 0 saturated carbocycles. The number of piperidine rings is 1. The Kier molecular flexibility index (Phi) is 5.67. The zero-order valence-electron chi connectivity index (χ0n) is 18.1. The van der Waals surface area contributed by atoms with Crippen LogP contribution in [0.3, 0.4) is 0 Å². The second-order valence-corrected chi connectivity index (χ2v) is 11.3. The summed E-state index contributed by atoms with van der Waals surface area (Å²) in [4.78, 5) is 13.1. The van der Waals surface area contributed by atoms with Crippen molar-refractivity contribution in [2.24, 2.45) is 5.41 Å². The molecule has 176 valence electrons. The van der Waals surface area contributed by atoms with Crippen LogP contribution in [0.4, 0.5) is 4.39 Å². The number of carbonyl (C=O) groups is 1. The average molecular weight is 520 g/mol. The van der Waals surface area contributed by atoms with E-state index < -0.39 is 15.4 Å². The highest BCUT2D eigenvalue weighted by Gasteiger charge is 2.49. The Morgan fingerprint density at radius 1 is 1.12 bits per heavy atom. The maximum absolute atomic E-state index is 13.4. The van der Waals surface area contributed by atoms with Gasteiger partial charge in [-0.2, -0.15) is 9.40 Å². The standard InChI is InChI=1S/C24H20Cl2FN3O3S/c1-15(31)24-12-16-13-28-30(19-4-2-18(27)3-5-19)23(16)10-17(24)8-9-29(14-24)34(32,33)20-6-7-21(25)22(26)11-20/h2-7,10-11,13H,8-9,12,14H2,1H3/t24-/m1/s1. The number of benzene rings is 2. The van der Waals surface area contributed by atoms with E-state index in [1.807, 2.05) is 6.08 Å². The summed E-state index contributed by atoms with van der Waals surface area (Å²) in [7, 11) is -3.89. The molecule has 1 fully saturated rings. The van der Waals surface area contributed by atoms with E-state index in [1.165, 1.54) is 41.6 Å². The molecule has 2 aliphatic rings. The molecular formula is C24H20Cl2FN3O3S. The molecule has 0 N–H and O–H groups in total. The zero-order valence-corrected chi connectivity index (χ0v) is 20.5. The zero-order chi connectivity index (χ0) is 24.3. The first-order valence-electron chi connectivity index (χ1n) is 10.6. The van der Waals surface area contributed by atoms with Crippen LogP contribution in [0.2, 0.25) is 10.0 Å². The summed E-state index contributed by atoms with van der Waals surface area (Å²) in [6.07, 6.45) is 4.34. The topological polar surface area (TPSA) is 72.3 Å². The molecule has 1 aliphatic heterocycles. The largest absolute Gasteiger partial charge is 0.299 e. The van der Waals surface area contributed by atoms with Crippen LogP contribution in [0.5, 0.6) is 0 Å². The first-order valence-corrected chi connectivity index (χ1v) is 12.8. The van der Waals surface area contributed by atoms with Crippen LogP contribution in [0.15, 0.2) is 59.1 Å². The second kappa shape index (κ2) is 8.30. The van der Waals surface area contributed by atoms with Crippen LogP contribution in [-0.2, 0) is 21.2 Å². The van der Waals surface area contributed by atoms with Crippen molar-refractivity contribution in [3.05, 3.63) is 81.4 Å². The predicted octanol–water partition coefficient (Wildman–Crippen LogP) is 4.93. The molecule has 10 heteroatoms. The molecule has 34 heavy (non-hydrogen) atoms. The molecule has 3 aromatic rings. The van der Waals surface area contributed by atoms with Gasteiger partial charge in [0, 0.05) is 13.1 Å². The van der Waals surface area contributed by atoms with Gasteiger partial charge in [0.15, 0.2) is 0 Å². The van der Waals surface area contributed by atoms with Crippen molar-refractivity contribution in [3.8, 4) is 5.69 Å². The van der Waals surface area contributed by atoms with Gasteiger partial charge in [0.2, 0.25) is 10.0 Å². The minimum Gasteiger partial charge on any atom is -0.299 e. The quantitative estimate of drug-likeness (QED) is 0.489. The third-order valence-electron chi connectivity index (χ3n) is 6.65. The normalized spacial score (nSPS) is 20.4. The molecule has 2 heterocycles. The molecule has 0 unspecified atom stereocenters. The summed E-state index contributed by atoms with van der Waals surface area (Å²) < 4.78 is 43.2. The lowest BCUT2D eigenvalue weighted by molar-refractivity contribution is -0.125. The summed E-state index contributed by atoms with van der Waals surface area (Å²) in [5.74, 6) is -0.442. The molecule has 1 saturated heterocycles. The number of hydrogen-bond donors (Lipinski definition) is 0. The van der Waals surface area contributed by atoms with Crippen molar-refractivity contribution in [1.82, 2.24) is 14.1 Å². The van der Waals surface area contributed by atoms with Crippen molar-refractivity contribution < 1.29 is 17.6 Å². The Morgan fingerprint density at radius 3 is 2.53 bits per heavy atom. The van der Waals surface area contributed by atoms with Crippen LogP contribution >= 0.6 is 23.2 Å². The highest BCUT2D eigenvalue weighted by atomic mass is 35.5. The number of halogens is 3. The molecule has 0 spiro atoms. The fraction of sp³-hybridized carbons (Fsp3) is 0.250. The van der Waals surface area contributed by atoms with Crippen LogP contribution in [0.1, 0.15) is 24.6 Å². The van der Waals surface area contributed by atoms with Crippen molar-refractivity contribution in [3.63, 3.8) is 0 Å². The van der Waals surface area contributed by atoms with Gasteiger partial charge in [-0.05, 0) is 73.9 Å². The van der Waals surface area contributed by atoms with Gasteiger partial charge >= 0.3 is 0 Å². The molecule has 1 atom stereocenters.